The predicted molar refractivity (Wildman–Crippen MR) is 192 cm³/mol. The lowest BCUT2D eigenvalue weighted by atomic mass is 9.87. The van der Waals surface area contributed by atoms with Gasteiger partial charge in [0.15, 0.2) is 0 Å². The minimum atomic E-state index is 0.913. The second-order valence-electron chi connectivity index (χ2n) is 12.8. The Morgan fingerprint density at radius 2 is 0.889 bits per heavy atom. The van der Waals surface area contributed by atoms with E-state index in [0.29, 0.717) is 0 Å². The summed E-state index contributed by atoms with van der Waals surface area (Å²) in [5, 5.41) is 17.1. The maximum Gasteiger partial charge on any atom is 0.134 e. The topological polar surface area (TPSA) is 13.1 Å². The summed E-state index contributed by atoms with van der Waals surface area (Å²) in [6.45, 7) is 0. The van der Waals surface area contributed by atoms with Crippen LogP contribution in [0.4, 0.5) is 0 Å². The average Bonchev–Trinajstić information content (AvgIpc) is 3.46. The second-order valence-corrected chi connectivity index (χ2v) is 12.8. The van der Waals surface area contributed by atoms with Crippen molar-refractivity contribution in [2.45, 2.75) is 12.8 Å². The number of rotatable bonds is 2. The smallest absolute Gasteiger partial charge is 0.134 e. The number of fused-ring (bicyclic) bond motifs is 3. The highest BCUT2D eigenvalue weighted by Crippen LogP contribution is 2.42. The molecule has 45 heavy (non-hydrogen) atoms. The van der Waals surface area contributed by atoms with E-state index < -0.39 is 0 Å². The summed E-state index contributed by atoms with van der Waals surface area (Å²) in [4.78, 5) is 0. The summed E-state index contributed by atoms with van der Waals surface area (Å²) < 4.78 is 6.44. The lowest BCUT2D eigenvalue weighted by Crippen LogP contribution is -1.97. The van der Waals surface area contributed by atoms with Crippen molar-refractivity contribution in [2.24, 2.45) is 0 Å². The van der Waals surface area contributed by atoms with Crippen LogP contribution in [0.2, 0.25) is 0 Å². The van der Waals surface area contributed by atoms with Gasteiger partial charge in [0, 0.05) is 17.4 Å². The molecule has 0 fully saturated rings. The highest BCUT2D eigenvalue weighted by Gasteiger charge is 2.21. The molecule has 1 aliphatic rings. The van der Waals surface area contributed by atoms with Gasteiger partial charge < -0.3 is 4.42 Å². The van der Waals surface area contributed by atoms with Gasteiger partial charge in [0.05, 0.1) is 0 Å². The molecule has 10 aromatic rings. The number of aryl methyl sites for hydroxylation is 1. The zero-order valence-electron chi connectivity index (χ0n) is 24.5. The maximum absolute atomic E-state index is 6.44. The summed E-state index contributed by atoms with van der Waals surface area (Å²) in [5.41, 5.74) is 7.35. The molecule has 208 valence electrons. The summed E-state index contributed by atoms with van der Waals surface area (Å²) in [6, 6.07) is 47.6. The van der Waals surface area contributed by atoms with Crippen molar-refractivity contribution < 1.29 is 4.42 Å². The Balaban J connectivity index is 1.06. The molecule has 1 heteroatoms. The second kappa shape index (κ2) is 8.49. The maximum atomic E-state index is 6.44. The van der Waals surface area contributed by atoms with Crippen molar-refractivity contribution in [2.75, 3.05) is 0 Å². The number of hydrogen-bond donors (Lipinski definition) is 0. The van der Waals surface area contributed by atoms with E-state index in [0.717, 1.165) is 24.2 Å². The normalized spacial score (nSPS) is 13.7. The van der Waals surface area contributed by atoms with Gasteiger partial charge in [-0.05, 0) is 136 Å². The third kappa shape index (κ3) is 3.27. The third-order valence-electron chi connectivity index (χ3n) is 10.4. The summed E-state index contributed by atoms with van der Waals surface area (Å²) >= 11 is 0. The largest absolute Gasteiger partial charge is 0.460 e. The van der Waals surface area contributed by atoms with Gasteiger partial charge in [-0.15, -0.1) is 0 Å². The standard InChI is InChI=1S/C44H26O/c1-3-25-7-11-31-19-35(20-32-12-8-26(4-1)41(25)43(31)32)29-15-17-39-37(23-29)38-24-30(16-18-40(38)45-39)36-21-33-13-9-27-5-2-6-28-10-14-34(22-36)44(33)42(27)28/h1-15,17,19-24H,16,18H2. The fourth-order valence-corrected chi connectivity index (χ4v) is 8.27. The molecule has 0 bridgehead atoms. The first-order valence-corrected chi connectivity index (χ1v) is 15.9. The molecule has 0 aliphatic heterocycles. The van der Waals surface area contributed by atoms with Crippen molar-refractivity contribution in [3.8, 4) is 11.1 Å². The minimum Gasteiger partial charge on any atom is -0.460 e. The van der Waals surface area contributed by atoms with E-state index in [9.17, 15) is 0 Å². The number of benzene rings is 9. The highest BCUT2D eigenvalue weighted by molar-refractivity contribution is 6.25. The van der Waals surface area contributed by atoms with Crippen LogP contribution in [0.3, 0.4) is 0 Å². The van der Waals surface area contributed by atoms with Crippen molar-refractivity contribution in [3.05, 3.63) is 144 Å². The van der Waals surface area contributed by atoms with Gasteiger partial charge in [-0.2, -0.15) is 0 Å². The molecule has 0 radical (unpaired) electrons. The molecule has 1 aromatic heterocycles. The molecule has 0 amide bonds. The number of allylic oxidation sites excluding steroid dienone is 1. The van der Waals surface area contributed by atoms with Crippen LogP contribution >= 0.6 is 0 Å². The lowest BCUT2D eigenvalue weighted by Gasteiger charge is -2.16. The molecule has 0 unspecified atom stereocenters. The van der Waals surface area contributed by atoms with E-state index in [-0.39, 0.29) is 0 Å². The van der Waals surface area contributed by atoms with Crippen LogP contribution in [0, 0.1) is 0 Å². The van der Waals surface area contributed by atoms with Crippen LogP contribution in [0.1, 0.15) is 23.3 Å². The van der Waals surface area contributed by atoms with Crippen LogP contribution in [-0.2, 0) is 6.42 Å². The number of hydrogen-bond acceptors (Lipinski definition) is 1. The summed E-state index contributed by atoms with van der Waals surface area (Å²) in [7, 11) is 0. The SMILES string of the molecule is C1=C(c2cc3ccc4cccc5ccc(c2)c3c45)CCc2oc3ccc(-c4cc5ccc6cccc7ccc(c4)c5c67)cc3c21. The molecule has 1 nitrogen and oxygen atoms in total. The molecule has 0 atom stereocenters. The van der Waals surface area contributed by atoms with Gasteiger partial charge in [0.1, 0.15) is 11.3 Å². The van der Waals surface area contributed by atoms with Crippen LogP contribution in [0.5, 0.6) is 0 Å². The van der Waals surface area contributed by atoms with E-state index in [2.05, 4.69) is 133 Å². The molecule has 1 heterocycles. The van der Waals surface area contributed by atoms with Crippen LogP contribution in [0.25, 0.3) is 98.4 Å². The zero-order chi connectivity index (χ0) is 29.2. The fraction of sp³-hybridized carbons (Fsp3) is 0.0455. The Bertz CT molecular complexity index is 2730. The van der Waals surface area contributed by atoms with E-state index in [4.69, 9.17) is 4.42 Å². The highest BCUT2D eigenvalue weighted by atomic mass is 16.3. The van der Waals surface area contributed by atoms with Crippen LogP contribution in [0.15, 0.2) is 132 Å². The van der Waals surface area contributed by atoms with Crippen molar-refractivity contribution in [3.63, 3.8) is 0 Å². The first kappa shape index (κ1) is 23.8. The van der Waals surface area contributed by atoms with Crippen molar-refractivity contribution in [1.29, 1.82) is 0 Å². The van der Waals surface area contributed by atoms with Gasteiger partial charge >= 0.3 is 0 Å². The molecule has 0 N–H and O–H groups in total. The summed E-state index contributed by atoms with van der Waals surface area (Å²) in [6.07, 6.45) is 4.28. The monoisotopic (exact) mass is 570 g/mol. The van der Waals surface area contributed by atoms with Gasteiger partial charge in [0.2, 0.25) is 0 Å². The molecule has 0 spiro atoms. The molecule has 0 saturated carbocycles. The quantitative estimate of drug-likeness (QED) is 0.188. The Labute approximate surface area is 259 Å². The Kier molecular flexibility index (Phi) is 4.48. The molecule has 1 aliphatic carbocycles. The van der Waals surface area contributed by atoms with Crippen LogP contribution in [-0.4, -0.2) is 0 Å². The molecule has 11 rings (SSSR count). The van der Waals surface area contributed by atoms with Gasteiger partial charge in [-0.25, -0.2) is 0 Å². The van der Waals surface area contributed by atoms with Gasteiger partial charge in [0.25, 0.3) is 0 Å². The zero-order valence-corrected chi connectivity index (χ0v) is 24.5. The van der Waals surface area contributed by atoms with Crippen molar-refractivity contribution in [1.82, 2.24) is 0 Å². The fourth-order valence-electron chi connectivity index (χ4n) is 8.27. The first-order chi connectivity index (χ1) is 22.2. The summed E-state index contributed by atoms with van der Waals surface area (Å²) in [5.74, 6) is 1.10. The van der Waals surface area contributed by atoms with Gasteiger partial charge in [-0.3, -0.25) is 0 Å². The minimum absolute atomic E-state index is 0.913. The van der Waals surface area contributed by atoms with Gasteiger partial charge in [-0.1, -0.05) is 91.0 Å². The first-order valence-electron chi connectivity index (χ1n) is 15.9. The third-order valence-corrected chi connectivity index (χ3v) is 10.4. The Hall–Kier alpha value is -5.66. The molecular formula is C44H26O. The number of furan rings is 1. The van der Waals surface area contributed by atoms with E-state index in [1.165, 1.54) is 97.8 Å². The van der Waals surface area contributed by atoms with Crippen molar-refractivity contribution >= 4 is 87.3 Å². The average molecular weight is 571 g/mol. The molecule has 0 saturated heterocycles. The lowest BCUT2D eigenvalue weighted by molar-refractivity contribution is 0.548. The molecule has 9 aromatic carbocycles. The molecular weight excluding hydrogens is 544 g/mol. The predicted octanol–water partition coefficient (Wildman–Crippen LogP) is 12.4. The van der Waals surface area contributed by atoms with E-state index >= 15 is 0 Å². The Morgan fingerprint density at radius 1 is 0.400 bits per heavy atom. The van der Waals surface area contributed by atoms with Crippen LogP contribution < -0.4 is 0 Å². The Morgan fingerprint density at radius 3 is 1.44 bits per heavy atom. The van der Waals surface area contributed by atoms with E-state index in [1.54, 1.807) is 0 Å². The van der Waals surface area contributed by atoms with E-state index in [1.807, 2.05) is 0 Å².